The van der Waals surface area contributed by atoms with Crippen LogP contribution in [0.1, 0.15) is 12.0 Å². The number of rotatable bonds is 6. The third-order valence-electron chi connectivity index (χ3n) is 2.81. The quantitative estimate of drug-likeness (QED) is 0.886. The Morgan fingerprint density at radius 3 is 2.67 bits per heavy atom. The zero-order valence-corrected chi connectivity index (χ0v) is 12.1. The summed E-state index contributed by atoms with van der Waals surface area (Å²) in [6.07, 6.45) is 0.254. The number of carbonyl (C=O) groups is 1. The fourth-order valence-electron chi connectivity index (χ4n) is 1.72. The van der Waals surface area contributed by atoms with Gasteiger partial charge < -0.3 is 10.1 Å². The SMILES string of the molecule is O=C(CCOc1ccccc1)NCc1ccc(F)c(Cl)c1. The van der Waals surface area contributed by atoms with Gasteiger partial charge >= 0.3 is 0 Å². The maximum Gasteiger partial charge on any atom is 0.223 e. The fraction of sp³-hybridized carbons (Fsp3) is 0.188. The molecule has 2 aromatic rings. The lowest BCUT2D eigenvalue weighted by molar-refractivity contribution is -0.121. The number of amides is 1. The van der Waals surface area contributed by atoms with Gasteiger partial charge in [0.15, 0.2) is 0 Å². The Kier molecular flexibility index (Phi) is 5.58. The summed E-state index contributed by atoms with van der Waals surface area (Å²) in [6.45, 7) is 0.615. The van der Waals surface area contributed by atoms with Gasteiger partial charge in [-0.05, 0) is 29.8 Å². The minimum Gasteiger partial charge on any atom is -0.493 e. The van der Waals surface area contributed by atoms with Crippen LogP contribution in [0.5, 0.6) is 5.75 Å². The van der Waals surface area contributed by atoms with Crippen molar-refractivity contribution in [2.45, 2.75) is 13.0 Å². The predicted molar refractivity (Wildman–Crippen MR) is 79.8 cm³/mol. The average Bonchev–Trinajstić information content (AvgIpc) is 2.49. The third kappa shape index (κ3) is 5.08. The van der Waals surface area contributed by atoms with Crippen LogP contribution in [0.15, 0.2) is 48.5 Å². The van der Waals surface area contributed by atoms with Crippen molar-refractivity contribution in [1.29, 1.82) is 0 Å². The molecule has 5 heteroatoms. The topological polar surface area (TPSA) is 38.3 Å². The minimum atomic E-state index is -0.469. The highest BCUT2D eigenvalue weighted by Crippen LogP contribution is 2.15. The smallest absolute Gasteiger partial charge is 0.223 e. The summed E-state index contributed by atoms with van der Waals surface area (Å²) in [6, 6.07) is 13.7. The van der Waals surface area contributed by atoms with E-state index in [0.717, 1.165) is 11.3 Å². The van der Waals surface area contributed by atoms with E-state index in [1.165, 1.54) is 12.1 Å². The summed E-state index contributed by atoms with van der Waals surface area (Å²) < 4.78 is 18.4. The zero-order valence-electron chi connectivity index (χ0n) is 11.3. The molecule has 0 fully saturated rings. The predicted octanol–water partition coefficient (Wildman–Crippen LogP) is 3.56. The molecule has 0 radical (unpaired) electrons. The summed E-state index contributed by atoms with van der Waals surface area (Å²) in [5, 5.41) is 2.78. The summed E-state index contributed by atoms with van der Waals surface area (Å²) >= 11 is 5.67. The van der Waals surface area contributed by atoms with Crippen molar-refractivity contribution >= 4 is 17.5 Å². The third-order valence-corrected chi connectivity index (χ3v) is 3.10. The van der Waals surface area contributed by atoms with E-state index in [0.29, 0.717) is 13.2 Å². The summed E-state index contributed by atoms with van der Waals surface area (Å²) in [7, 11) is 0. The zero-order chi connectivity index (χ0) is 15.1. The number of carbonyl (C=O) groups excluding carboxylic acids is 1. The molecule has 0 aliphatic rings. The van der Waals surface area contributed by atoms with Crippen molar-refractivity contribution in [2.75, 3.05) is 6.61 Å². The van der Waals surface area contributed by atoms with E-state index in [4.69, 9.17) is 16.3 Å². The van der Waals surface area contributed by atoms with Crippen LogP contribution in [0.3, 0.4) is 0 Å². The Morgan fingerprint density at radius 2 is 1.95 bits per heavy atom. The highest BCUT2D eigenvalue weighted by Gasteiger charge is 2.04. The molecule has 0 aliphatic heterocycles. The van der Waals surface area contributed by atoms with Crippen molar-refractivity contribution in [3.8, 4) is 5.75 Å². The van der Waals surface area contributed by atoms with Crippen LogP contribution in [-0.2, 0) is 11.3 Å². The van der Waals surface area contributed by atoms with Crippen LogP contribution >= 0.6 is 11.6 Å². The second kappa shape index (κ2) is 7.64. The molecule has 21 heavy (non-hydrogen) atoms. The molecule has 0 aliphatic carbocycles. The molecule has 1 N–H and O–H groups in total. The van der Waals surface area contributed by atoms with E-state index in [1.54, 1.807) is 6.07 Å². The molecule has 0 saturated heterocycles. The summed E-state index contributed by atoms with van der Waals surface area (Å²) in [4.78, 5) is 11.7. The Bertz CT molecular complexity index is 604. The second-order valence-electron chi connectivity index (χ2n) is 4.44. The fourth-order valence-corrected chi connectivity index (χ4v) is 1.92. The maximum atomic E-state index is 13.0. The molecule has 2 aromatic carbocycles. The number of nitrogens with one attached hydrogen (secondary N) is 1. The molecule has 0 aromatic heterocycles. The Balaban J connectivity index is 1.71. The van der Waals surface area contributed by atoms with E-state index in [1.807, 2.05) is 30.3 Å². The van der Waals surface area contributed by atoms with Gasteiger partial charge in [0.05, 0.1) is 18.1 Å². The van der Waals surface area contributed by atoms with Gasteiger partial charge in [-0.2, -0.15) is 0 Å². The first kappa shape index (κ1) is 15.3. The number of benzene rings is 2. The van der Waals surface area contributed by atoms with Gasteiger partial charge in [-0.25, -0.2) is 4.39 Å². The number of hydrogen-bond acceptors (Lipinski definition) is 2. The van der Waals surface area contributed by atoms with Crippen molar-refractivity contribution in [1.82, 2.24) is 5.32 Å². The van der Waals surface area contributed by atoms with E-state index < -0.39 is 5.82 Å². The van der Waals surface area contributed by atoms with Crippen molar-refractivity contribution in [3.05, 3.63) is 64.9 Å². The van der Waals surface area contributed by atoms with Gasteiger partial charge in [0.25, 0.3) is 0 Å². The summed E-state index contributed by atoms with van der Waals surface area (Å²) in [5.74, 6) is 0.130. The van der Waals surface area contributed by atoms with E-state index in [-0.39, 0.29) is 17.4 Å². The standard InChI is InChI=1S/C16H15ClFNO2/c17-14-10-12(6-7-15(14)18)11-19-16(20)8-9-21-13-4-2-1-3-5-13/h1-7,10H,8-9,11H2,(H,19,20). The lowest BCUT2D eigenvalue weighted by Crippen LogP contribution is -2.24. The molecular formula is C16H15ClFNO2. The normalized spacial score (nSPS) is 10.2. The van der Waals surface area contributed by atoms with Crippen LogP contribution in [0, 0.1) is 5.82 Å². The molecule has 0 bridgehead atoms. The molecular weight excluding hydrogens is 293 g/mol. The Morgan fingerprint density at radius 1 is 1.19 bits per heavy atom. The molecule has 0 unspecified atom stereocenters. The largest absolute Gasteiger partial charge is 0.493 e. The first-order valence-electron chi connectivity index (χ1n) is 6.53. The van der Waals surface area contributed by atoms with E-state index >= 15 is 0 Å². The lowest BCUT2D eigenvalue weighted by Gasteiger charge is -2.07. The summed E-state index contributed by atoms with van der Waals surface area (Å²) in [5.41, 5.74) is 0.749. The molecule has 2 rings (SSSR count). The van der Waals surface area contributed by atoms with Crippen molar-refractivity contribution in [2.24, 2.45) is 0 Å². The number of ether oxygens (including phenoxy) is 1. The van der Waals surface area contributed by atoms with Crippen LogP contribution in [-0.4, -0.2) is 12.5 Å². The molecule has 0 spiro atoms. The monoisotopic (exact) mass is 307 g/mol. The molecule has 110 valence electrons. The van der Waals surface area contributed by atoms with Crippen LogP contribution < -0.4 is 10.1 Å². The van der Waals surface area contributed by atoms with Gasteiger partial charge in [-0.1, -0.05) is 35.9 Å². The highest BCUT2D eigenvalue weighted by molar-refractivity contribution is 6.30. The number of halogens is 2. The number of para-hydroxylation sites is 1. The molecule has 0 saturated carbocycles. The highest BCUT2D eigenvalue weighted by atomic mass is 35.5. The Hall–Kier alpha value is -2.07. The molecule has 0 heterocycles. The molecule has 1 amide bonds. The van der Waals surface area contributed by atoms with Crippen molar-refractivity contribution in [3.63, 3.8) is 0 Å². The maximum absolute atomic E-state index is 13.0. The van der Waals surface area contributed by atoms with Crippen LogP contribution in [0.4, 0.5) is 4.39 Å². The van der Waals surface area contributed by atoms with Crippen LogP contribution in [0.2, 0.25) is 5.02 Å². The first-order valence-corrected chi connectivity index (χ1v) is 6.91. The van der Waals surface area contributed by atoms with Gasteiger partial charge in [-0.15, -0.1) is 0 Å². The second-order valence-corrected chi connectivity index (χ2v) is 4.84. The molecule has 3 nitrogen and oxygen atoms in total. The lowest BCUT2D eigenvalue weighted by atomic mass is 10.2. The van der Waals surface area contributed by atoms with Gasteiger partial charge in [0.2, 0.25) is 5.91 Å². The number of hydrogen-bond donors (Lipinski definition) is 1. The van der Waals surface area contributed by atoms with E-state index in [9.17, 15) is 9.18 Å². The van der Waals surface area contributed by atoms with Crippen LogP contribution in [0.25, 0.3) is 0 Å². The minimum absolute atomic E-state index is 0.0501. The van der Waals surface area contributed by atoms with Crippen molar-refractivity contribution < 1.29 is 13.9 Å². The van der Waals surface area contributed by atoms with E-state index in [2.05, 4.69) is 5.32 Å². The van der Waals surface area contributed by atoms with Gasteiger partial charge in [0.1, 0.15) is 11.6 Å². The van der Waals surface area contributed by atoms with Gasteiger partial charge in [-0.3, -0.25) is 4.79 Å². The average molecular weight is 308 g/mol. The molecule has 0 atom stereocenters. The van der Waals surface area contributed by atoms with Gasteiger partial charge in [0, 0.05) is 6.54 Å². The Labute approximate surface area is 127 Å². The first-order chi connectivity index (χ1) is 10.1.